The summed E-state index contributed by atoms with van der Waals surface area (Å²) < 4.78 is 19.2. The summed E-state index contributed by atoms with van der Waals surface area (Å²) in [5.74, 6) is 0.674. The Bertz CT molecular complexity index is 5610. The van der Waals surface area contributed by atoms with Crippen molar-refractivity contribution in [1.82, 2.24) is 0 Å². The zero-order valence-corrected chi connectivity index (χ0v) is 47.9. The van der Waals surface area contributed by atoms with Gasteiger partial charge in [0, 0.05) is 43.4 Å². The van der Waals surface area contributed by atoms with Gasteiger partial charge in [0.15, 0.2) is 0 Å². The molecule has 0 spiro atoms. The second-order valence-electron chi connectivity index (χ2n) is 21.8. The van der Waals surface area contributed by atoms with Crippen LogP contribution in [0.25, 0.3) is 163 Å². The smallest absolute Gasteiger partial charge is 0.537 e. The van der Waals surface area contributed by atoms with Crippen molar-refractivity contribution in [1.29, 1.82) is 0 Å². The molecule has 6 heteroatoms. The summed E-state index contributed by atoms with van der Waals surface area (Å²) in [6, 6.07) is 103. The van der Waals surface area contributed by atoms with Crippen LogP contribution < -0.4 is 4.65 Å². The van der Waals surface area contributed by atoms with Crippen molar-refractivity contribution in [3.63, 3.8) is 0 Å². The van der Waals surface area contributed by atoms with Crippen LogP contribution in [0.4, 0.5) is 0 Å². The lowest BCUT2D eigenvalue weighted by molar-refractivity contribution is 0.459. The molecular formula is C80H49BBrO4. The zero-order chi connectivity index (χ0) is 57.2. The van der Waals surface area contributed by atoms with E-state index in [9.17, 15) is 5.02 Å². The Balaban J connectivity index is 0.000000114. The second kappa shape index (κ2) is 21.3. The average Bonchev–Trinajstić information content (AvgIpc) is 1.38. The number of hydrogen-bond acceptors (Lipinski definition) is 4. The number of halogens is 1. The molecule has 0 aliphatic rings. The standard InChI is InChI=1S/C40H24O.C24H16BO2.C16H9BrO/c1-2-12-26-23-28(22-21-25(26)11-1)37-31-16-5-7-18-33(31)38(34-19-8-6-17-32(34)37)39-29-14-4-3-13-27(29)24-35-30-15-9-10-20-36(30)41-40(35)39;26-25-27-24-21-11-5-3-9-19(21)23(20-10-4-6-12-22(20)24)18-14-13-16-7-1-2-8-17(16)15-18;17-15-11-6-2-1-5-10(11)9-13-12-7-3-4-8-14(12)18-16(13)15/h1-24H;1-15,26H;1-9H. The Hall–Kier alpha value is -10.5. The molecule has 18 rings (SSSR count). The van der Waals surface area contributed by atoms with Crippen molar-refractivity contribution in [3.8, 4) is 39.1 Å². The summed E-state index contributed by atoms with van der Waals surface area (Å²) in [4.78, 5) is 0. The van der Waals surface area contributed by atoms with Gasteiger partial charge in [-0.25, -0.2) is 0 Å². The summed E-state index contributed by atoms with van der Waals surface area (Å²) >= 11 is 3.67. The van der Waals surface area contributed by atoms with E-state index in [1.54, 1.807) is 0 Å². The van der Waals surface area contributed by atoms with E-state index in [2.05, 4.69) is 240 Å². The van der Waals surface area contributed by atoms with Gasteiger partial charge in [-0.1, -0.05) is 255 Å². The van der Waals surface area contributed by atoms with Gasteiger partial charge in [0.1, 0.15) is 28.1 Å². The molecular weight excluding hydrogens is 1120 g/mol. The second-order valence-corrected chi connectivity index (χ2v) is 22.6. The summed E-state index contributed by atoms with van der Waals surface area (Å²) in [6.07, 6.45) is 0. The number of fused-ring (bicyclic) bond motifs is 14. The van der Waals surface area contributed by atoms with Gasteiger partial charge in [0.2, 0.25) is 0 Å². The first-order valence-corrected chi connectivity index (χ1v) is 29.7. The molecule has 0 saturated carbocycles. The predicted octanol–water partition coefficient (Wildman–Crippen LogP) is 22.8. The van der Waals surface area contributed by atoms with Crippen molar-refractivity contribution in [2.24, 2.45) is 0 Å². The highest BCUT2D eigenvalue weighted by Crippen LogP contribution is 2.50. The number of benzene rings is 16. The molecule has 0 saturated heterocycles. The van der Waals surface area contributed by atoms with E-state index < -0.39 is 0 Å². The maximum absolute atomic E-state index is 9.30. The van der Waals surface area contributed by atoms with E-state index in [0.717, 1.165) is 77.8 Å². The molecule has 2 heterocycles. The van der Waals surface area contributed by atoms with Crippen molar-refractivity contribution in [3.05, 3.63) is 296 Å². The predicted molar refractivity (Wildman–Crippen MR) is 367 cm³/mol. The van der Waals surface area contributed by atoms with Gasteiger partial charge < -0.3 is 18.5 Å². The summed E-state index contributed by atoms with van der Waals surface area (Å²) in [7, 11) is 0.754. The van der Waals surface area contributed by atoms with Crippen LogP contribution in [0.2, 0.25) is 0 Å². The van der Waals surface area contributed by atoms with E-state index in [1.807, 2.05) is 66.7 Å². The summed E-state index contributed by atoms with van der Waals surface area (Å²) in [5, 5.41) is 32.8. The Morgan fingerprint density at radius 3 is 1.08 bits per heavy atom. The topological polar surface area (TPSA) is 55.7 Å². The highest BCUT2D eigenvalue weighted by molar-refractivity contribution is 9.10. The van der Waals surface area contributed by atoms with Gasteiger partial charge in [0.05, 0.1) is 4.47 Å². The lowest BCUT2D eigenvalue weighted by atomic mass is 9.84. The third kappa shape index (κ3) is 8.56. The molecule has 2 aromatic heterocycles. The molecule has 0 aliphatic heterocycles. The fraction of sp³-hybridized carbons (Fsp3) is 0. The first-order valence-electron chi connectivity index (χ1n) is 28.9. The average molecular weight is 1160 g/mol. The number of hydrogen-bond donors (Lipinski definition) is 1. The van der Waals surface area contributed by atoms with Gasteiger partial charge in [-0.3, -0.25) is 0 Å². The van der Waals surface area contributed by atoms with Crippen molar-refractivity contribution < 1.29 is 18.5 Å². The SMILES string of the molecule is Brc1c2ccccc2cc2c1oc1ccccc12.O[B]Oc1c2ccccc2c(-c2ccc3ccccc3c2)c2ccccc12.c1ccc2cc(-c3c4ccccc4c(-c4c5ccccc5cc5c4oc4ccccc45)c4ccccc34)ccc2c1. The highest BCUT2D eigenvalue weighted by atomic mass is 79.9. The molecule has 0 atom stereocenters. The fourth-order valence-electron chi connectivity index (χ4n) is 13.2. The molecule has 0 amide bonds. The van der Waals surface area contributed by atoms with Crippen LogP contribution in [0.1, 0.15) is 0 Å². The van der Waals surface area contributed by atoms with Crippen LogP contribution in [0.5, 0.6) is 5.75 Å². The maximum atomic E-state index is 9.30. The quantitative estimate of drug-likeness (QED) is 0.138. The Kier molecular flexibility index (Phi) is 12.7. The highest BCUT2D eigenvalue weighted by Gasteiger charge is 2.23. The van der Waals surface area contributed by atoms with Crippen LogP contribution in [-0.4, -0.2) is 12.7 Å². The lowest BCUT2D eigenvalue weighted by Gasteiger charge is -2.19. The van der Waals surface area contributed by atoms with Crippen molar-refractivity contribution >= 4 is 154 Å². The Morgan fingerprint density at radius 1 is 0.267 bits per heavy atom. The van der Waals surface area contributed by atoms with E-state index in [0.29, 0.717) is 5.75 Å². The minimum Gasteiger partial charge on any atom is -0.537 e. The summed E-state index contributed by atoms with van der Waals surface area (Å²) in [6.45, 7) is 0. The molecule has 403 valence electrons. The molecule has 0 unspecified atom stereocenters. The monoisotopic (exact) mass is 1160 g/mol. The Labute approximate surface area is 503 Å². The number of rotatable bonds is 5. The first kappa shape index (κ1) is 51.2. The molecule has 1 N–H and O–H groups in total. The molecule has 0 aliphatic carbocycles. The van der Waals surface area contributed by atoms with E-state index >= 15 is 0 Å². The van der Waals surface area contributed by atoms with Gasteiger partial charge in [-0.15, -0.1) is 0 Å². The Morgan fingerprint density at radius 2 is 0.605 bits per heavy atom. The minimum atomic E-state index is 0.674. The zero-order valence-electron chi connectivity index (χ0n) is 46.3. The minimum absolute atomic E-state index is 0.674. The van der Waals surface area contributed by atoms with Crippen LogP contribution in [0.3, 0.4) is 0 Å². The van der Waals surface area contributed by atoms with Crippen molar-refractivity contribution in [2.75, 3.05) is 0 Å². The molecule has 18 aromatic rings. The normalized spacial score (nSPS) is 11.6. The third-order valence-corrected chi connectivity index (χ3v) is 17.8. The van der Waals surface area contributed by atoms with E-state index in [1.165, 1.54) is 97.8 Å². The maximum Gasteiger partial charge on any atom is 0.569 e. The van der Waals surface area contributed by atoms with Gasteiger partial charge in [-0.05, 0) is 150 Å². The molecule has 0 bridgehead atoms. The first-order chi connectivity index (χ1) is 42.6. The molecule has 86 heavy (non-hydrogen) atoms. The lowest BCUT2D eigenvalue weighted by Crippen LogP contribution is -2.02. The fourth-order valence-corrected chi connectivity index (χ4v) is 13.9. The van der Waals surface area contributed by atoms with Gasteiger partial charge >= 0.3 is 7.69 Å². The van der Waals surface area contributed by atoms with Gasteiger partial charge in [-0.2, -0.15) is 0 Å². The summed E-state index contributed by atoms with van der Waals surface area (Å²) in [5.41, 5.74) is 10.9. The van der Waals surface area contributed by atoms with Gasteiger partial charge in [0.25, 0.3) is 0 Å². The molecule has 1 radical (unpaired) electrons. The number of furan rings is 2. The van der Waals surface area contributed by atoms with Crippen LogP contribution in [0, 0.1) is 0 Å². The largest absolute Gasteiger partial charge is 0.569 e. The van der Waals surface area contributed by atoms with E-state index in [4.69, 9.17) is 13.5 Å². The third-order valence-electron chi connectivity index (χ3n) is 17.0. The van der Waals surface area contributed by atoms with E-state index in [-0.39, 0.29) is 0 Å². The van der Waals surface area contributed by atoms with Crippen LogP contribution in [0.15, 0.2) is 304 Å². The van der Waals surface area contributed by atoms with Crippen LogP contribution >= 0.6 is 15.9 Å². The molecule has 16 aromatic carbocycles. The number of para-hydroxylation sites is 2. The molecule has 0 fully saturated rings. The molecule has 4 nitrogen and oxygen atoms in total. The van der Waals surface area contributed by atoms with Crippen molar-refractivity contribution in [2.45, 2.75) is 0 Å². The van der Waals surface area contributed by atoms with Crippen LogP contribution in [-0.2, 0) is 0 Å².